The molecule has 104 valence electrons. The highest BCUT2D eigenvalue weighted by Gasteiger charge is 2.03. The van der Waals surface area contributed by atoms with Crippen molar-refractivity contribution in [2.45, 2.75) is 6.42 Å². The quantitative estimate of drug-likeness (QED) is 0.829. The summed E-state index contributed by atoms with van der Waals surface area (Å²) in [6.45, 7) is -0.104. The van der Waals surface area contributed by atoms with Crippen molar-refractivity contribution in [3.8, 4) is 5.75 Å². The molecule has 1 amide bonds. The predicted octanol–water partition coefficient (Wildman–Crippen LogP) is 0.475. The van der Waals surface area contributed by atoms with E-state index in [0.29, 0.717) is 5.75 Å². The first kappa shape index (κ1) is 13.9. The van der Waals surface area contributed by atoms with Crippen molar-refractivity contribution in [2.75, 3.05) is 13.2 Å². The Kier molecular flexibility index (Phi) is 4.55. The molecule has 2 rings (SSSR count). The van der Waals surface area contributed by atoms with Gasteiger partial charge in [0.2, 0.25) is 0 Å². The monoisotopic (exact) mass is 272 g/mol. The van der Waals surface area contributed by atoms with E-state index in [2.05, 4.69) is 5.32 Å². The number of amides is 1. The topological polar surface area (TPSA) is 78.5 Å². The number of rotatable bonds is 6. The number of hydrogen-bond donors (Lipinski definition) is 1. The Balaban J connectivity index is 1.86. The molecule has 0 aliphatic carbocycles. The molecule has 0 heterocycles. The molecule has 0 aromatic heterocycles. The van der Waals surface area contributed by atoms with Crippen LogP contribution in [0.4, 0.5) is 0 Å². The van der Waals surface area contributed by atoms with Gasteiger partial charge < -0.3 is 20.0 Å². The Bertz CT molecular complexity index is 624. The Morgan fingerprint density at radius 3 is 2.60 bits per heavy atom. The Hall–Kier alpha value is -2.56. The number of hydrogen-bond acceptors (Lipinski definition) is 4. The second-order valence-corrected chi connectivity index (χ2v) is 4.27. The molecule has 20 heavy (non-hydrogen) atoms. The predicted molar refractivity (Wildman–Crippen MR) is 72.1 cm³/mol. The van der Waals surface area contributed by atoms with E-state index in [1.165, 1.54) is 0 Å². The van der Waals surface area contributed by atoms with Gasteiger partial charge in [0, 0.05) is 18.9 Å². The average Bonchev–Trinajstić information content (AvgIpc) is 2.44. The van der Waals surface area contributed by atoms with Gasteiger partial charge in [-0.3, -0.25) is 4.79 Å². The van der Waals surface area contributed by atoms with Crippen LogP contribution in [0.15, 0.2) is 42.5 Å². The third kappa shape index (κ3) is 3.98. The van der Waals surface area contributed by atoms with Crippen molar-refractivity contribution in [3.05, 3.63) is 42.5 Å². The lowest BCUT2D eigenvalue weighted by molar-refractivity contribution is -0.305. The summed E-state index contributed by atoms with van der Waals surface area (Å²) in [5, 5.41) is 14.8. The van der Waals surface area contributed by atoms with E-state index in [1.807, 2.05) is 36.4 Å². The molecule has 0 aliphatic rings. The summed E-state index contributed by atoms with van der Waals surface area (Å²) in [6.07, 6.45) is -0.207. The van der Waals surface area contributed by atoms with Gasteiger partial charge in [0.25, 0.3) is 5.91 Å². The van der Waals surface area contributed by atoms with Crippen LogP contribution in [-0.2, 0) is 9.59 Å². The highest BCUT2D eigenvalue weighted by Crippen LogP contribution is 2.20. The van der Waals surface area contributed by atoms with E-state index in [4.69, 9.17) is 4.74 Å². The molecule has 0 radical (unpaired) electrons. The van der Waals surface area contributed by atoms with E-state index in [9.17, 15) is 14.7 Å². The first-order chi connectivity index (χ1) is 9.65. The number of benzene rings is 2. The van der Waals surface area contributed by atoms with Gasteiger partial charge in [0.15, 0.2) is 6.61 Å². The normalized spacial score (nSPS) is 10.2. The third-order valence-corrected chi connectivity index (χ3v) is 2.74. The molecule has 2 aromatic rings. The molecule has 2 aromatic carbocycles. The maximum Gasteiger partial charge on any atom is 0.257 e. The summed E-state index contributed by atoms with van der Waals surface area (Å²) < 4.78 is 5.36. The van der Waals surface area contributed by atoms with Crippen molar-refractivity contribution < 1.29 is 19.4 Å². The summed E-state index contributed by atoms with van der Waals surface area (Å²) >= 11 is 0. The number of carbonyl (C=O) groups excluding carboxylic acids is 2. The van der Waals surface area contributed by atoms with E-state index in [0.717, 1.165) is 10.8 Å². The molecule has 0 fully saturated rings. The van der Waals surface area contributed by atoms with Crippen molar-refractivity contribution >= 4 is 22.6 Å². The fourth-order valence-electron chi connectivity index (χ4n) is 1.76. The van der Waals surface area contributed by atoms with Gasteiger partial charge in [0.05, 0.1) is 0 Å². The first-order valence-corrected chi connectivity index (χ1v) is 6.23. The summed E-state index contributed by atoms with van der Waals surface area (Å²) in [5.74, 6) is -0.959. The summed E-state index contributed by atoms with van der Waals surface area (Å²) in [6, 6.07) is 13.4. The lowest BCUT2D eigenvalue weighted by Gasteiger charge is -2.08. The number of carboxylic acids is 1. The van der Waals surface area contributed by atoms with Crippen LogP contribution >= 0.6 is 0 Å². The fraction of sp³-hybridized carbons (Fsp3) is 0.200. The smallest absolute Gasteiger partial charge is 0.257 e. The summed E-state index contributed by atoms with van der Waals surface area (Å²) in [7, 11) is 0. The molecule has 0 saturated carbocycles. The van der Waals surface area contributed by atoms with Crippen LogP contribution in [0.2, 0.25) is 0 Å². The van der Waals surface area contributed by atoms with E-state index >= 15 is 0 Å². The van der Waals surface area contributed by atoms with Crippen molar-refractivity contribution in [1.82, 2.24) is 5.32 Å². The van der Waals surface area contributed by atoms with Crippen LogP contribution in [0.3, 0.4) is 0 Å². The van der Waals surface area contributed by atoms with Crippen LogP contribution in [0, 0.1) is 0 Å². The van der Waals surface area contributed by atoms with Gasteiger partial charge in [-0.1, -0.05) is 30.3 Å². The van der Waals surface area contributed by atoms with Gasteiger partial charge in [-0.2, -0.15) is 0 Å². The minimum atomic E-state index is -1.19. The molecule has 0 unspecified atom stereocenters. The van der Waals surface area contributed by atoms with Crippen molar-refractivity contribution in [2.24, 2.45) is 0 Å². The summed E-state index contributed by atoms with van der Waals surface area (Å²) in [4.78, 5) is 21.6. The molecular weight excluding hydrogens is 258 g/mol. The zero-order valence-electron chi connectivity index (χ0n) is 10.8. The van der Waals surface area contributed by atoms with Gasteiger partial charge in [-0.05, 0) is 22.9 Å². The van der Waals surface area contributed by atoms with E-state index in [1.54, 1.807) is 6.07 Å². The number of carboxylic acid groups (broad SMARTS) is 1. The number of aliphatic carboxylic acids is 1. The van der Waals surface area contributed by atoms with Crippen molar-refractivity contribution in [1.29, 1.82) is 0 Å². The largest absolute Gasteiger partial charge is 0.550 e. The lowest BCUT2D eigenvalue weighted by atomic mass is 10.1. The number of fused-ring (bicyclic) bond motifs is 1. The minimum Gasteiger partial charge on any atom is -0.550 e. The number of nitrogens with one attached hydrogen (secondary N) is 1. The van der Waals surface area contributed by atoms with Gasteiger partial charge in [-0.25, -0.2) is 0 Å². The average molecular weight is 272 g/mol. The molecular formula is C15H14NO4-. The van der Waals surface area contributed by atoms with E-state index in [-0.39, 0.29) is 25.5 Å². The maximum absolute atomic E-state index is 11.4. The molecule has 0 saturated heterocycles. The van der Waals surface area contributed by atoms with Gasteiger partial charge >= 0.3 is 0 Å². The Morgan fingerprint density at radius 2 is 1.85 bits per heavy atom. The van der Waals surface area contributed by atoms with Crippen LogP contribution < -0.4 is 15.2 Å². The number of carbonyl (C=O) groups is 2. The number of ether oxygens (including phenoxy) is 1. The van der Waals surface area contributed by atoms with Crippen LogP contribution in [0.1, 0.15) is 6.42 Å². The standard InChI is InChI=1S/C15H15NO4/c17-14(16-8-7-15(18)19)10-20-13-6-5-11-3-1-2-4-12(11)9-13/h1-6,9H,7-8,10H2,(H,16,17)(H,18,19)/p-1. The van der Waals surface area contributed by atoms with E-state index < -0.39 is 5.97 Å². The highest BCUT2D eigenvalue weighted by molar-refractivity contribution is 5.84. The molecule has 1 N–H and O–H groups in total. The molecule has 0 spiro atoms. The zero-order chi connectivity index (χ0) is 14.4. The van der Waals surface area contributed by atoms with Crippen LogP contribution in [-0.4, -0.2) is 25.0 Å². The second-order valence-electron chi connectivity index (χ2n) is 4.27. The third-order valence-electron chi connectivity index (χ3n) is 2.74. The van der Waals surface area contributed by atoms with Crippen LogP contribution in [0.5, 0.6) is 5.75 Å². The van der Waals surface area contributed by atoms with Gasteiger partial charge in [0.1, 0.15) is 5.75 Å². The Morgan fingerprint density at radius 1 is 1.10 bits per heavy atom. The van der Waals surface area contributed by atoms with Gasteiger partial charge in [-0.15, -0.1) is 0 Å². The molecule has 5 nitrogen and oxygen atoms in total. The first-order valence-electron chi connectivity index (χ1n) is 6.23. The maximum atomic E-state index is 11.4. The Labute approximate surface area is 116 Å². The van der Waals surface area contributed by atoms with Crippen molar-refractivity contribution in [3.63, 3.8) is 0 Å². The SMILES string of the molecule is O=C([O-])CCNC(=O)COc1ccc2ccccc2c1. The minimum absolute atomic E-state index is 0.0439. The zero-order valence-corrected chi connectivity index (χ0v) is 10.8. The fourth-order valence-corrected chi connectivity index (χ4v) is 1.76. The highest BCUT2D eigenvalue weighted by atomic mass is 16.5. The lowest BCUT2D eigenvalue weighted by Crippen LogP contribution is -2.33. The second kappa shape index (κ2) is 6.56. The molecule has 0 bridgehead atoms. The van der Waals surface area contributed by atoms with Crippen LogP contribution in [0.25, 0.3) is 10.8 Å². The molecule has 0 atom stereocenters. The summed E-state index contributed by atoms with van der Waals surface area (Å²) in [5.41, 5.74) is 0. The molecule has 5 heteroatoms. The molecule has 0 aliphatic heterocycles.